The molecule has 0 unspecified atom stereocenters. The van der Waals surface area contributed by atoms with E-state index >= 15 is 0 Å². The molecule has 98 valence electrons. The predicted molar refractivity (Wildman–Crippen MR) is 79.1 cm³/mol. The van der Waals surface area contributed by atoms with Gasteiger partial charge in [0, 0.05) is 21.6 Å². The standard InChI is InChI=1S/C13H13BrN4O/c14-9-2-1-8-5-12(18-11(8)6-9)13(19)17-10(7-16)3-4-15/h1-7,18H,15-16H2,(H,17,19). The summed E-state index contributed by atoms with van der Waals surface area (Å²) in [6, 6.07) is 7.52. The molecule has 1 aromatic carbocycles. The summed E-state index contributed by atoms with van der Waals surface area (Å²) in [6.45, 7) is 0. The average molecular weight is 321 g/mol. The fourth-order valence-corrected chi connectivity index (χ4v) is 2.02. The fraction of sp³-hybridized carbons (Fsp3) is 0. The monoisotopic (exact) mass is 320 g/mol. The number of H-pyrrole nitrogens is 1. The predicted octanol–water partition coefficient (Wildman–Crippen LogP) is 1.93. The van der Waals surface area contributed by atoms with Gasteiger partial charge in [-0.05, 0) is 30.5 Å². The highest BCUT2D eigenvalue weighted by Crippen LogP contribution is 2.20. The smallest absolute Gasteiger partial charge is 0.272 e. The quantitative estimate of drug-likeness (QED) is 0.650. The van der Waals surface area contributed by atoms with Crippen molar-refractivity contribution in [2.45, 2.75) is 0 Å². The van der Waals surface area contributed by atoms with E-state index in [0.717, 1.165) is 15.4 Å². The van der Waals surface area contributed by atoms with Crippen LogP contribution < -0.4 is 16.8 Å². The van der Waals surface area contributed by atoms with Crippen LogP contribution in [-0.2, 0) is 0 Å². The molecule has 0 saturated heterocycles. The van der Waals surface area contributed by atoms with Crippen molar-refractivity contribution in [2.75, 3.05) is 0 Å². The van der Waals surface area contributed by atoms with Crippen LogP contribution >= 0.6 is 15.9 Å². The number of halogens is 1. The number of amides is 1. The van der Waals surface area contributed by atoms with Crippen molar-refractivity contribution < 1.29 is 4.79 Å². The van der Waals surface area contributed by atoms with Crippen LogP contribution in [0.25, 0.3) is 10.9 Å². The van der Waals surface area contributed by atoms with Crippen molar-refractivity contribution in [1.82, 2.24) is 10.3 Å². The van der Waals surface area contributed by atoms with Crippen LogP contribution in [0.5, 0.6) is 0 Å². The summed E-state index contributed by atoms with van der Waals surface area (Å²) in [5, 5.41) is 3.61. The van der Waals surface area contributed by atoms with Crippen LogP contribution in [0.3, 0.4) is 0 Å². The largest absolute Gasteiger partial charge is 0.405 e. The maximum Gasteiger partial charge on any atom is 0.272 e. The van der Waals surface area contributed by atoms with Gasteiger partial charge in [0.1, 0.15) is 5.69 Å². The second-order valence-corrected chi connectivity index (χ2v) is 4.77. The molecule has 1 aromatic heterocycles. The molecular formula is C13H13BrN4O. The van der Waals surface area contributed by atoms with Gasteiger partial charge in [0.05, 0.1) is 5.70 Å². The zero-order valence-electron chi connectivity index (χ0n) is 9.98. The van der Waals surface area contributed by atoms with Crippen LogP contribution in [0.2, 0.25) is 0 Å². The van der Waals surface area contributed by atoms with Gasteiger partial charge in [-0.15, -0.1) is 0 Å². The molecule has 1 amide bonds. The Labute approximate surface area is 118 Å². The summed E-state index contributed by atoms with van der Waals surface area (Å²) in [5.41, 5.74) is 12.4. The average Bonchev–Trinajstić information content (AvgIpc) is 2.81. The lowest BCUT2D eigenvalue weighted by Gasteiger charge is -2.02. The minimum atomic E-state index is -0.276. The maximum absolute atomic E-state index is 12.0. The Morgan fingerprint density at radius 1 is 1.32 bits per heavy atom. The summed E-state index contributed by atoms with van der Waals surface area (Å²) in [7, 11) is 0. The van der Waals surface area contributed by atoms with Crippen LogP contribution in [0.15, 0.2) is 52.9 Å². The number of carbonyl (C=O) groups is 1. The van der Waals surface area contributed by atoms with Crippen molar-refractivity contribution in [3.63, 3.8) is 0 Å². The third-order valence-corrected chi connectivity index (χ3v) is 3.04. The van der Waals surface area contributed by atoms with Crippen LogP contribution in [0, 0.1) is 0 Å². The van der Waals surface area contributed by atoms with E-state index in [1.54, 1.807) is 6.07 Å². The van der Waals surface area contributed by atoms with E-state index in [1.165, 1.54) is 18.5 Å². The molecular weight excluding hydrogens is 308 g/mol. The van der Waals surface area contributed by atoms with Gasteiger partial charge in [-0.2, -0.15) is 0 Å². The lowest BCUT2D eigenvalue weighted by Crippen LogP contribution is -2.23. The first-order valence-corrected chi connectivity index (χ1v) is 6.33. The number of nitrogens with one attached hydrogen (secondary N) is 2. The van der Waals surface area contributed by atoms with Crippen molar-refractivity contribution in [3.8, 4) is 0 Å². The molecule has 0 saturated carbocycles. The van der Waals surface area contributed by atoms with E-state index in [9.17, 15) is 4.79 Å². The first kappa shape index (κ1) is 13.2. The van der Waals surface area contributed by atoms with Crippen LogP contribution in [-0.4, -0.2) is 10.9 Å². The van der Waals surface area contributed by atoms with E-state index in [0.29, 0.717) is 11.4 Å². The van der Waals surface area contributed by atoms with Gasteiger partial charge < -0.3 is 21.8 Å². The van der Waals surface area contributed by atoms with Crippen LogP contribution in [0.4, 0.5) is 0 Å². The molecule has 0 aliphatic heterocycles. The number of rotatable bonds is 3. The Kier molecular flexibility index (Phi) is 3.91. The fourth-order valence-electron chi connectivity index (χ4n) is 1.66. The molecule has 2 rings (SSSR count). The maximum atomic E-state index is 12.0. The number of carbonyl (C=O) groups excluding carboxylic acids is 1. The van der Waals surface area contributed by atoms with Gasteiger partial charge in [0.15, 0.2) is 0 Å². The van der Waals surface area contributed by atoms with E-state index < -0.39 is 0 Å². The molecule has 0 atom stereocenters. The molecule has 0 fully saturated rings. The first-order chi connectivity index (χ1) is 9.13. The highest BCUT2D eigenvalue weighted by atomic mass is 79.9. The molecule has 6 heteroatoms. The summed E-state index contributed by atoms with van der Waals surface area (Å²) in [6.07, 6.45) is 4.10. The molecule has 0 bridgehead atoms. The van der Waals surface area contributed by atoms with Gasteiger partial charge in [-0.3, -0.25) is 4.79 Å². The van der Waals surface area contributed by atoms with E-state index in [2.05, 4.69) is 26.2 Å². The van der Waals surface area contributed by atoms with Gasteiger partial charge in [0.2, 0.25) is 0 Å². The van der Waals surface area contributed by atoms with Crippen molar-refractivity contribution in [2.24, 2.45) is 11.5 Å². The number of aromatic amines is 1. The lowest BCUT2D eigenvalue weighted by atomic mass is 10.2. The Hall–Kier alpha value is -2.21. The molecule has 6 N–H and O–H groups in total. The van der Waals surface area contributed by atoms with Crippen LogP contribution in [0.1, 0.15) is 10.5 Å². The third-order valence-electron chi connectivity index (χ3n) is 2.54. The molecule has 5 nitrogen and oxygen atoms in total. The summed E-state index contributed by atoms with van der Waals surface area (Å²) in [4.78, 5) is 15.1. The van der Waals surface area contributed by atoms with Gasteiger partial charge in [-0.25, -0.2) is 0 Å². The Bertz CT molecular complexity index is 672. The minimum Gasteiger partial charge on any atom is -0.405 e. The third kappa shape index (κ3) is 2.97. The van der Waals surface area contributed by atoms with Crippen molar-refractivity contribution >= 4 is 32.7 Å². The van der Waals surface area contributed by atoms with Crippen molar-refractivity contribution in [1.29, 1.82) is 0 Å². The van der Waals surface area contributed by atoms with E-state index in [4.69, 9.17) is 11.5 Å². The van der Waals surface area contributed by atoms with E-state index in [1.807, 2.05) is 18.2 Å². The minimum absolute atomic E-state index is 0.276. The highest BCUT2D eigenvalue weighted by Gasteiger charge is 2.10. The zero-order chi connectivity index (χ0) is 13.8. The summed E-state index contributed by atoms with van der Waals surface area (Å²) < 4.78 is 0.947. The second-order valence-electron chi connectivity index (χ2n) is 3.85. The molecule has 19 heavy (non-hydrogen) atoms. The summed E-state index contributed by atoms with van der Waals surface area (Å²) in [5.74, 6) is -0.276. The van der Waals surface area contributed by atoms with Crippen molar-refractivity contribution in [3.05, 3.63) is 58.6 Å². The van der Waals surface area contributed by atoms with Gasteiger partial charge in [-0.1, -0.05) is 22.0 Å². The Balaban J connectivity index is 2.26. The number of allylic oxidation sites excluding steroid dienone is 1. The second kappa shape index (κ2) is 5.62. The van der Waals surface area contributed by atoms with Gasteiger partial charge in [0.25, 0.3) is 5.91 Å². The molecule has 0 aliphatic carbocycles. The SMILES string of the molecule is NC=CC(=CN)NC(=O)c1cc2ccc(Br)cc2[nH]1. The number of aromatic nitrogens is 1. The van der Waals surface area contributed by atoms with Gasteiger partial charge >= 0.3 is 0 Å². The topological polar surface area (TPSA) is 96.9 Å². The number of benzene rings is 1. The van der Waals surface area contributed by atoms with E-state index in [-0.39, 0.29) is 5.91 Å². The number of hydrogen-bond acceptors (Lipinski definition) is 3. The summed E-state index contributed by atoms with van der Waals surface area (Å²) >= 11 is 3.38. The lowest BCUT2D eigenvalue weighted by molar-refractivity contribution is 0.0963. The number of nitrogens with two attached hydrogens (primary N) is 2. The normalized spacial score (nSPS) is 12.2. The Morgan fingerprint density at radius 2 is 2.11 bits per heavy atom. The highest BCUT2D eigenvalue weighted by molar-refractivity contribution is 9.10. The number of fused-ring (bicyclic) bond motifs is 1. The molecule has 1 heterocycles. The molecule has 2 aromatic rings. The molecule has 0 spiro atoms. The Morgan fingerprint density at radius 3 is 2.79 bits per heavy atom. The zero-order valence-corrected chi connectivity index (χ0v) is 11.6. The molecule has 0 radical (unpaired) electrons. The number of hydrogen-bond donors (Lipinski definition) is 4. The first-order valence-electron chi connectivity index (χ1n) is 5.54. The molecule has 0 aliphatic rings.